The summed E-state index contributed by atoms with van der Waals surface area (Å²) in [5.74, 6) is 0.0866. The molecule has 0 aliphatic heterocycles. The van der Waals surface area contributed by atoms with Gasteiger partial charge >= 0.3 is 5.97 Å². The molecule has 0 spiro atoms. The summed E-state index contributed by atoms with van der Waals surface area (Å²) in [4.78, 5) is 10.8. The molecule has 1 aromatic heterocycles. The molecule has 0 aliphatic rings. The van der Waals surface area contributed by atoms with Gasteiger partial charge in [0.1, 0.15) is 5.76 Å². The van der Waals surface area contributed by atoms with E-state index in [9.17, 15) is 9.90 Å². The normalized spacial score (nSPS) is 12.5. The van der Waals surface area contributed by atoms with Gasteiger partial charge in [0.05, 0.1) is 13.4 Å². The van der Waals surface area contributed by atoms with E-state index in [-0.39, 0.29) is 6.42 Å². The largest absolute Gasteiger partial charge is 0.469 e. The van der Waals surface area contributed by atoms with Crippen LogP contribution in [-0.4, -0.2) is 24.3 Å². The molecule has 1 aromatic rings. The molecule has 0 amide bonds. The second kappa shape index (κ2) is 4.09. The maximum Gasteiger partial charge on any atom is 0.335 e. The fourth-order valence-electron chi connectivity index (χ4n) is 1.05. The van der Waals surface area contributed by atoms with E-state index in [1.807, 2.05) is 0 Å². The summed E-state index contributed by atoms with van der Waals surface area (Å²) in [5, 5.41) is 9.30. The predicted octanol–water partition coefficient (Wildman–Crippen LogP) is 0.664. The molecule has 4 nitrogen and oxygen atoms in total. The van der Waals surface area contributed by atoms with Crippen molar-refractivity contribution < 1.29 is 19.1 Å². The zero-order valence-corrected chi connectivity index (χ0v) is 7.61. The number of aryl methyl sites for hydroxylation is 1. The van der Waals surface area contributed by atoms with Gasteiger partial charge in [0.25, 0.3) is 0 Å². The van der Waals surface area contributed by atoms with Crippen LogP contribution in [0.25, 0.3) is 0 Å². The average molecular weight is 184 g/mol. The lowest BCUT2D eigenvalue weighted by Crippen LogP contribution is -2.24. The maximum absolute atomic E-state index is 10.8. The van der Waals surface area contributed by atoms with E-state index in [0.29, 0.717) is 5.76 Å². The second-order valence-electron chi connectivity index (χ2n) is 2.75. The molecule has 1 heterocycles. The first-order valence-corrected chi connectivity index (χ1v) is 3.94. The fourth-order valence-corrected chi connectivity index (χ4v) is 1.05. The number of rotatable bonds is 3. The third-order valence-corrected chi connectivity index (χ3v) is 1.85. The topological polar surface area (TPSA) is 59.7 Å². The highest BCUT2D eigenvalue weighted by molar-refractivity contribution is 5.74. The Balaban J connectivity index is 2.59. The lowest BCUT2D eigenvalue weighted by atomic mass is 10.1. The molecule has 1 rings (SSSR count). The van der Waals surface area contributed by atoms with E-state index in [1.165, 1.54) is 13.4 Å². The Morgan fingerprint density at radius 1 is 1.77 bits per heavy atom. The van der Waals surface area contributed by atoms with E-state index in [0.717, 1.165) is 5.56 Å². The van der Waals surface area contributed by atoms with Crippen molar-refractivity contribution >= 4 is 5.97 Å². The van der Waals surface area contributed by atoms with Crippen LogP contribution < -0.4 is 0 Å². The quantitative estimate of drug-likeness (QED) is 0.701. The zero-order valence-electron chi connectivity index (χ0n) is 7.61. The van der Waals surface area contributed by atoms with Crippen LogP contribution in [0.1, 0.15) is 11.3 Å². The van der Waals surface area contributed by atoms with E-state index >= 15 is 0 Å². The van der Waals surface area contributed by atoms with Crippen molar-refractivity contribution in [1.82, 2.24) is 0 Å². The highest BCUT2D eigenvalue weighted by Crippen LogP contribution is 2.11. The standard InChI is InChI=1S/C9H12O4/c1-6-7(3-4-13-6)5-8(10)9(11)12-2/h3-4,8,10H,5H2,1-2H3. The van der Waals surface area contributed by atoms with Gasteiger partial charge < -0.3 is 14.3 Å². The molecule has 0 saturated carbocycles. The third-order valence-electron chi connectivity index (χ3n) is 1.85. The molecule has 1 unspecified atom stereocenters. The molecule has 0 saturated heterocycles. The smallest absolute Gasteiger partial charge is 0.335 e. The van der Waals surface area contributed by atoms with Gasteiger partial charge in [-0.1, -0.05) is 0 Å². The maximum atomic E-state index is 10.8. The summed E-state index contributed by atoms with van der Waals surface area (Å²) in [6, 6.07) is 1.72. The molecule has 72 valence electrons. The van der Waals surface area contributed by atoms with Crippen molar-refractivity contribution in [3.05, 3.63) is 23.7 Å². The minimum Gasteiger partial charge on any atom is -0.469 e. The number of carbonyl (C=O) groups excluding carboxylic acids is 1. The van der Waals surface area contributed by atoms with Crippen LogP contribution in [0.5, 0.6) is 0 Å². The molecule has 0 fully saturated rings. The van der Waals surface area contributed by atoms with Crippen LogP contribution in [0.3, 0.4) is 0 Å². The molecule has 1 atom stereocenters. The monoisotopic (exact) mass is 184 g/mol. The van der Waals surface area contributed by atoms with Crippen molar-refractivity contribution in [3.63, 3.8) is 0 Å². The molecule has 0 bridgehead atoms. The molecular formula is C9H12O4. The predicted molar refractivity (Wildman–Crippen MR) is 45.2 cm³/mol. The molecular weight excluding hydrogens is 172 g/mol. The molecule has 0 radical (unpaired) electrons. The highest BCUT2D eigenvalue weighted by atomic mass is 16.5. The van der Waals surface area contributed by atoms with Crippen LogP contribution in [-0.2, 0) is 16.0 Å². The lowest BCUT2D eigenvalue weighted by Gasteiger charge is -2.06. The van der Waals surface area contributed by atoms with Crippen molar-refractivity contribution in [3.8, 4) is 0 Å². The van der Waals surface area contributed by atoms with Gasteiger partial charge in [0, 0.05) is 6.42 Å². The van der Waals surface area contributed by atoms with E-state index in [4.69, 9.17) is 4.42 Å². The molecule has 4 heteroatoms. The number of hydrogen-bond acceptors (Lipinski definition) is 4. The Labute approximate surface area is 76.1 Å². The van der Waals surface area contributed by atoms with Crippen molar-refractivity contribution in [2.24, 2.45) is 0 Å². The first kappa shape index (κ1) is 9.80. The minimum atomic E-state index is -1.11. The SMILES string of the molecule is COC(=O)C(O)Cc1ccoc1C. The first-order chi connectivity index (χ1) is 6.15. The number of hydrogen-bond donors (Lipinski definition) is 1. The number of furan rings is 1. The average Bonchev–Trinajstić information content (AvgIpc) is 2.50. The van der Waals surface area contributed by atoms with Crippen LogP contribution in [0.4, 0.5) is 0 Å². The van der Waals surface area contributed by atoms with Crippen molar-refractivity contribution in [2.75, 3.05) is 7.11 Å². The Bertz CT molecular complexity index is 290. The van der Waals surface area contributed by atoms with Crippen LogP contribution in [0.15, 0.2) is 16.7 Å². The Hall–Kier alpha value is -1.29. The lowest BCUT2D eigenvalue weighted by molar-refractivity contribution is -0.150. The van der Waals surface area contributed by atoms with Gasteiger partial charge in [-0.15, -0.1) is 0 Å². The van der Waals surface area contributed by atoms with Crippen molar-refractivity contribution in [1.29, 1.82) is 0 Å². The number of aliphatic hydroxyl groups is 1. The first-order valence-electron chi connectivity index (χ1n) is 3.94. The number of esters is 1. The minimum absolute atomic E-state index is 0.231. The molecule has 0 aromatic carbocycles. The summed E-state index contributed by atoms with van der Waals surface area (Å²) in [6.07, 6.45) is 0.644. The summed E-state index contributed by atoms with van der Waals surface area (Å²) >= 11 is 0. The van der Waals surface area contributed by atoms with Gasteiger partial charge in [0.15, 0.2) is 6.10 Å². The van der Waals surface area contributed by atoms with Crippen LogP contribution in [0, 0.1) is 6.92 Å². The van der Waals surface area contributed by atoms with E-state index in [1.54, 1.807) is 13.0 Å². The van der Waals surface area contributed by atoms with E-state index < -0.39 is 12.1 Å². The van der Waals surface area contributed by atoms with Gasteiger partial charge in [-0.2, -0.15) is 0 Å². The summed E-state index contributed by atoms with van der Waals surface area (Å²) in [6.45, 7) is 1.78. The fraction of sp³-hybridized carbons (Fsp3) is 0.444. The van der Waals surface area contributed by atoms with Gasteiger partial charge in [0.2, 0.25) is 0 Å². The summed E-state index contributed by atoms with van der Waals surface area (Å²) < 4.78 is 9.40. The number of methoxy groups -OCH3 is 1. The van der Waals surface area contributed by atoms with Gasteiger partial charge in [-0.05, 0) is 18.6 Å². The van der Waals surface area contributed by atoms with Gasteiger partial charge in [-0.25, -0.2) is 4.79 Å². The third kappa shape index (κ3) is 2.32. The number of aliphatic hydroxyl groups excluding tert-OH is 1. The second-order valence-corrected chi connectivity index (χ2v) is 2.75. The highest BCUT2D eigenvalue weighted by Gasteiger charge is 2.17. The Morgan fingerprint density at radius 2 is 2.46 bits per heavy atom. The van der Waals surface area contributed by atoms with Crippen molar-refractivity contribution in [2.45, 2.75) is 19.4 Å². The molecule has 1 N–H and O–H groups in total. The summed E-state index contributed by atoms with van der Waals surface area (Å²) in [7, 11) is 1.24. The summed E-state index contributed by atoms with van der Waals surface area (Å²) in [5.41, 5.74) is 0.818. The molecule has 0 aliphatic carbocycles. The number of carbonyl (C=O) groups is 1. The van der Waals surface area contributed by atoms with Gasteiger partial charge in [-0.3, -0.25) is 0 Å². The number of ether oxygens (including phenoxy) is 1. The Morgan fingerprint density at radius 3 is 2.92 bits per heavy atom. The van der Waals surface area contributed by atoms with Crippen LogP contribution >= 0.6 is 0 Å². The van der Waals surface area contributed by atoms with E-state index in [2.05, 4.69) is 4.74 Å². The van der Waals surface area contributed by atoms with Crippen LogP contribution in [0.2, 0.25) is 0 Å². The zero-order chi connectivity index (χ0) is 9.84. The Kier molecular flexibility index (Phi) is 3.08. The molecule has 13 heavy (non-hydrogen) atoms.